The number of rotatable bonds is 1. The highest BCUT2D eigenvalue weighted by Gasteiger charge is 2.53. The van der Waals surface area contributed by atoms with E-state index in [4.69, 9.17) is 19.8 Å². The summed E-state index contributed by atoms with van der Waals surface area (Å²) in [4.78, 5) is 11.5. The van der Waals surface area contributed by atoms with Crippen LogP contribution < -0.4 is 5.72 Å². The molecule has 8 heteroatoms. The monoisotopic (exact) mass is 257 g/mol. The van der Waals surface area contributed by atoms with Crippen LogP contribution in [-0.4, -0.2) is 33.3 Å². The van der Waals surface area contributed by atoms with E-state index in [0.717, 1.165) is 0 Å². The summed E-state index contributed by atoms with van der Waals surface area (Å²) in [6.45, 7) is 7.57. The SMILES string of the molecule is CC1(C)OB(c2nc(C#N)nc(C#N)n2)OC1(C)C. The number of hydrogen-bond donors (Lipinski definition) is 0. The standard InChI is InChI=1S/C11H12BN5O2/c1-10(2)11(3,4)19-12(18-10)9-16-7(5-13)15-8(6-14)17-9/h1-4H3. The van der Waals surface area contributed by atoms with Crippen molar-refractivity contribution in [3.63, 3.8) is 0 Å². The lowest BCUT2D eigenvalue weighted by atomic mass is 9.89. The third-order valence-corrected chi connectivity index (χ3v) is 3.32. The molecule has 1 aromatic rings. The van der Waals surface area contributed by atoms with Gasteiger partial charge in [0.05, 0.1) is 11.2 Å². The molecule has 1 aliphatic heterocycles. The summed E-state index contributed by atoms with van der Waals surface area (Å²) in [6, 6.07) is 3.57. The normalized spacial score (nSPS) is 19.8. The van der Waals surface area contributed by atoms with E-state index < -0.39 is 18.3 Å². The van der Waals surface area contributed by atoms with Gasteiger partial charge in [-0.1, -0.05) is 0 Å². The molecule has 0 aromatic carbocycles. The van der Waals surface area contributed by atoms with Crippen molar-refractivity contribution in [2.75, 3.05) is 0 Å². The van der Waals surface area contributed by atoms with Gasteiger partial charge in [0.15, 0.2) is 5.72 Å². The molecule has 0 N–H and O–H groups in total. The van der Waals surface area contributed by atoms with E-state index in [1.807, 2.05) is 27.7 Å². The highest BCUT2D eigenvalue weighted by Crippen LogP contribution is 2.36. The maximum atomic E-state index is 8.84. The van der Waals surface area contributed by atoms with Crippen LogP contribution in [0.25, 0.3) is 0 Å². The Morgan fingerprint density at radius 3 is 1.68 bits per heavy atom. The lowest BCUT2D eigenvalue weighted by Gasteiger charge is -2.32. The highest BCUT2D eigenvalue weighted by atomic mass is 16.7. The van der Waals surface area contributed by atoms with Crippen LogP contribution in [0.4, 0.5) is 0 Å². The van der Waals surface area contributed by atoms with Gasteiger partial charge in [-0.3, -0.25) is 0 Å². The molecule has 0 bridgehead atoms. The first-order valence-corrected chi connectivity index (χ1v) is 5.71. The van der Waals surface area contributed by atoms with Gasteiger partial charge in [-0.15, -0.1) is 0 Å². The first kappa shape index (κ1) is 13.4. The molecule has 1 aromatic heterocycles. The first-order valence-electron chi connectivity index (χ1n) is 5.71. The van der Waals surface area contributed by atoms with Crippen molar-refractivity contribution in [2.45, 2.75) is 38.9 Å². The van der Waals surface area contributed by atoms with Gasteiger partial charge in [0, 0.05) is 0 Å². The molecule has 1 aliphatic rings. The summed E-state index contributed by atoms with van der Waals surface area (Å²) in [5.74, 6) is -0.257. The summed E-state index contributed by atoms with van der Waals surface area (Å²) >= 11 is 0. The molecule has 96 valence electrons. The highest BCUT2D eigenvalue weighted by molar-refractivity contribution is 6.60. The molecule has 0 saturated carbocycles. The molecule has 2 rings (SSSR count). The van der Waals surface area contributed by atoms with E-state index in [9.17, 15) is 0 Å². The fourth-order valence-electron chi connectivity index (χ4n) is 1.55. The Morgan fingerprint density at radius 2 is 1.32 bits per heavy atom. The minimum Gasteiger partial charge on any atom is -0.397 e. The Bertz CT molecular complexity index is 554. The van der Waals surface area contributed by atoms with Gasteiger partial charge < -0.3 is 9.31 Å². The molecule has 0 spiro atoms. The predicted molar refractivity (Wildman–Crippen MR) is 65.0 cm³/mol. The average Bonchev–Trinajstić information content (AvgIpc) is 2.58. The molecule has 2 heterocycles. The van der Waals surface area contributed by atoms with Crippen LogP contribution >= 0.6 is 0 Å². The fourth-order valence-corrected chi connectivity index (χ4v) is 1.55. The van der Waals surface area contributed by atoms with Crippen molar-refractivity contribution in [3.8, 4) is 12.1 Å². The molecule has 1 saturated heterocycles. The van der Waals surface area contributed by atoms with Crippen LogP contribution in [0.2, 0.25) is 0 Å². The molecular formula is C11H12BN5O2. The zero-order valence-electron chi connectivity index (χ0n) is 11.1. The van der Waals surface area contributed by atoms with Gasteiger partial charge in [-0.2, -0.15) is 15.5 Å². The van der Waals surface area contributed by atoms with E-state index in [0.29, 0.717) is 0 Å². The number of aromatic nitrogens is 3. The first-order chi connectivity index (χ1) is 8.79. The predicted octanol–water partition coefficient (Wildman–Crippen LogP) is -0.0858. The Balaban J connectivity index is 2.40. The number of nitriles is 2. The third-order valence-electron chi connectivity index (χ3n) is 3.32. The van der Waals surface area contributed by atoms with Crippen molar-refractivity contribution in [2.24, 2.45) is 0 Å². The second-order valence-electron chi connectivity index (χ2n) is 5.15. The Hall–Kier alpha value is -2.03. The van der Waals surface area contributed by atoms with Crippen molar-refractivity contribution >= 4 is 12.8 Å². The van der Waals surface area contributed by atoms with Gasteiger partial charge in [0.25, 0.3) is 0 Å². The average molecular weight is 257 g/mol. The van der Waals surface area contributed by atoms with Crippen molar-refractivity contribution in [1.29, 1.82) is 10.5 Å². The van der Waals surface area contributed by atoms with Crippen molar-refractivity contribution in [1.82, 2.24) is 15.0 Å². The van der Waals surface area contributed by atoms with E-state index in [1.54, 1.807) is 12.1 Å². The maximum absolute atomic E-state index is 8.84. The van der Waals surface area contributed by atoms with Crippen LogP contribution in [0.5, 0.6) is 0 Å². The molecule has 0 unspecified atom stereocenters. The van der Waals surface area contributed by atoms with Gasteiger partial charge in [-0.25, -0.2) is 9.97 Å². The second kappa shape index (κ2) is 4.27. The molecular weight excluding hydrogens is 245 g/mol. The third kappa shape index (κ3) is 2.28. The van der Waals surface area contributed by atoms with Crippen LogP contribution in [0.15, 0.2) is 0 Å². The summed E-state index contributed by atoms with van der Waals surface area (Å²) < 4.78 is 11.5. The van der Waals surface area contributed by atoms with E-state index >= 15 is 0 Å². The van der Waals surface area contributed by atoms with Crippen LogP contribution in [-0.2, 0) is 9.31 Å². The van der Waals surface area contributed by atoms with E-state index in [1.165, 1.54) is 0 Å². The molecule has 1 fully saturated rings. The van der Waals surface area contributed by atoms with Crippen molar-refractivity contribution < 1.29 is 9.31 Å². The molecule has 0 aliphatic carbocycles. The van der Waals surface area contributed by atoms with Gasteiger partial charge in [0.1, 0.15) is 12.1 Å². The van der Waals surface area contributed by atoms with E-state index in [2.05, 4.69) is 15.0 Å². The minimum absolute atomic E-state index is 0.128. The quantitative estimate of drug-likeness (QED) is 0.647. The topological polar surface area (TPSA) is 105 Å². The van der Waals surface area contributed by atoms with Crippen LogP contribution in [0.1, 0.15) is 39.3 Å². The van der Waals surface area contributed by atoms with Gasteiger partial charge >= 0.3 is 7.12 Å². The van der Waals surface area contributed by atoms with Crippen molar-refractivity contribution in [3.05, 3.63) is 11.6 Å². The summed E-state index contributed by atoms with van der Waals surface area (Å²) in [7, 11) is -0.813. The molecule has 0 atom stereocenters. The molecule has 0 radical (unpaired) electrons. The largest absolute Gasteiger partial charge is 0.534 e. The maximum Gasteiger partial charge on any atom is 0.534 e. The molecule has 7 nitrogen and oxygen atoms in total. The van der Waals surface area contributed by atoms with Crippen LogP contribution in [0.3, 0.4) is 0 Å². The summed E-state index contributed by atoms with van der Waals surface area (Å²) in [6.07, 6.45) is 0. The number of hydrogen-bond acceptors (Lipinski definition) is 7. The zero-order valence-corrected chi connectivity index (χ0v) is 11.1. The van der Waals surface area contributed by atoms with Gasteiger partial charge in [-0.05, 0) is 27.7 Å². The summed E-state index contributed by atoms with van der Waals surface area (Å²) in [5, 5.41) is 17.7. The second-order valence-corrected chi connectivity index (χ2v) is 5.15. The Labute approximate surface area is 111 Å². The Morgan fingerprint density at radius 1 is 0.895 bits per heavy atom. The summed E-state index contributed by atoms with van der Waals surface area (Å²) in [5.41, 5.74) is -0.935. The van der Waals surface area contributed by atoms with Crippen LogP contribution in [0, 0.1) is 22.7 Å². The fraction of sp³-hybridized carbons (Fsp3) is 0.545. The smallest absolute Gasteiger partial charge is 0.397 e. The van der Waals surface area contributed by atoms with Gasteiger partial charge in [0.2, 0.25) is 11.6 Å². The zero-order chi connectivity index (χ0) is 14.3. The minimum atomic E-state index is -0.813. The Kier molecular flexibility index (Phi) is 3.01. The van der Waals surface area contributed by atoms with E-state index in [-0.39, 0.29) is 17.4 Å². The lowest BCUT2D eigenvalue weighted by molar-refractivity contribution is 0.00578. The lowest BCUT2D eigenvalue weighted by Crippen LogP contribution is -2.41. The number of nitrogens with zero attached hydrogens (tertiary/aromatic N) is 5. The molecule has 19 heavy (non-hydrogen) atoms. The molecule has 0 amide bonds.